The zero-order chi connectivity index (χ0) is 15.6. The second kappa shape index (κ2) is 6.09. The average Bonchev–Trinajstić information content (AvgIpc) is 3.22. The van der Waals surface area contributed by atoms with Crippen molar-refractivity contribution in [1.29, 1.82) is 0 Å². The van der Waals surface area contributed by atoms with Crippen LogP contribution in [0.15, 0.2) is 18.2 Å². The van der Waals surface area contributed by atoms with Gasteiger partial charge in [0.2, 0.25) is 0 Å². The molecule has 1 N–H and O–H groups in total. The summed E-state index contributed by atoms with van der Waals surface area (Å²) in [7, 11) is 0. The van der Waals surface area contributed by atoms with Crippen LogP contribution in [0.5, 0.6) is 0 Å². The second-order valence-corrected chi connectivity index (χ2v) is 5.16. The normalized spacial score (nSPS) is 15.1. The molecule has 0 aliphatic heterocycles. The molecule has 0 aromatic heterocycles. The Hall–Kier alpha value is -2.15. The van der Waals surface area contributed by atoms with Crippen molar-refractivity contribution in [2.45, 2.75) is 31.9 Å². The topological polar surface area (TPSA) is 98.5 Å². The lowest BCUT2D eigenvalue weighted by molar-refractivity contribution is -0.384. The number of ether oxygens (including phenoxy) is 1. The number of nitro benzene ring substituents is 1. The fourth-order valence-electron chi connectivity index (χ4n) is 1.61. The third-order valence-corrected chi connectivity index (χ3v) is 3.27. The van der Waals surface area contributed by atoms with Crippen LogP contribution in [0, 0.1) is 10.1 Å². The predicted molar refractivity (Wildman–Crippen MR) is 74.1 cm³/mol. The van der Waals surface area contributed by atoms with Crippen molar-refractivity contribution in [3.05, 3.63) is 38.9 Å². The maximum atomic E-state index is 11.9. The Kier molecular flexibility index (Phi) is 4.42. The molecule has 0 heterocycles. The fraction of sp³-hybridized carbons (Fsp3) is 0.385. The molecule has 1 aliphatic carbocycles. The van der Waals surface area contributed by atoms with Crippen molar-refractivity contribution in [2.75, 3.05) is 0 Å². The van der Waals surface area contributed by atoms with Gasteiger partial charge in [0.1, 0.15) is 5.02 Å². The third kappa shape index (κ3) is 3.91. The molecule has 1 unspecified atom stereocenters. The lowest BCUT2D eigenvalue weighted by Crippen LogP contribution is -2.37. The molecule has 7 nitrogen and oxygen atoms in total. The van der Waals surface area contributed by atoms with E-state index in [1.807, 2.05) is 0 Å². The number of rotatable bonds is 5. The van der Waals surface area contributed by atoms with Crippen molar-refractivity contribution in [3.63, 3.8) is 0 Å². The van der Waals surface area contributed by atoms with E-state index < -0.39 is 17.0 Å². The molecule has 0 radical (unpaired) electrons. The highest BCUT2D eigenvalue weighted by molar-refractivity contribution is 6.32. The van der Waals surface area contributed by atoms with Gasteiger partial charge in [-0.05, 0) is 31.9 Å². The van der Waals surface area contributed by atoms with E-state index in [9.17, 15) is 19.7 Å². The first kappa shape index (κ1) is 15.2. The van der Waals surface area contributed by atoms with Gasteiger partial charge in [0.25, 0.3) is 11.6 Å². The van der Waals surface area contributed by atoms with Gasteiger partial charge < -0.3 is 10.1 Å². The molecule has 21 heavy (non-hydrogen) atoms. The lowest BCUT2D eigenvalue weighted by atomic mass is 10.2. The van der Waals surface area contributed by atoms with E-state index in [4.69, 9.17) is 16.3 Å². The fourth-order valence-corrected chi connectivity index (χ4v) is 1.79. The number of benzene rings is 1. The van der Waals surface area contributed by atoms with Gasteiger partial charge in [-0.2, -0.15) is 0 Å². The summed E-state index contributed by atoms with van der Waals surface area (Å²) in [5.41, 5.74) is -0.418. The molecule has 2 rings (SSSR count). The van der Waals surface area contributed by atoms with E-state index in [0.29, 0.717) is 0 Å². The zero-order valence-electron chi connectivity index (χ0n) is 11.2. The number of hydrogen-bond acceptors (Lipinski definition) is 5. The highest BCUT2D eigenvalue weighted by Gasteiger charge is 2.27. The molecule has 1 aliphatic rings. The Labute approximate surface area is 125 Å². The molecule has 0 spiro atoms. The maximum Gasteiger partial charge on any atom is 0.339 e. The number of hydrogen-bond donors (Lipinski definition) is 1. The van der Waals surface area contributed by atoms with Crippen LogP contribution >= 0.6 is 11.6 Å². The summed E-state index contributed by atoms with van der Waals surface area (Å²) in [4.78, 5) is 33.6. The number of nitrogens with one attached hydrogen (secondary N) is 1. The highest BCUT2D eigenvalue weighted by atomic mass is 35.5. The molecule has 0 bridgehead atoms. The van der Waals surface area contributed by atoms with Crippen LogP contribution in [0.4, 0.5) is 5.69 Å². The predicted octanol–water partition coefficient (Wildman–Crippen LogP) is 2.07. The van der Waals surface area contributed by atoms with Crippen molar-refractivity contribution in [2.24, 2.45) is 0 Å². The number of carbonyl (C=O) groups excluding carboxylic acids is 2. The van der Waals surface area contributed by atoms with E-state index in [1.54, 1.807) is 0 Å². The minimum absolute atomic E-state index is 0.0304. The number of nitro groups is 1. The number of carbonyl (C=O) groups is 2. The Morgan fingerprint density at radius 3 is 2.71 bits per heavy atom. The van der Waals surface area contributed by atoms with Gasteiger partial charge in [-0.15, -0.1) is 0 Å². The summed E-state index contributed by atoms with van der Waals surface area (Å²) in [6, 6.07) is 3.74. The van der Waals surface area contributed by atoms with E-state index >= 15 is 0 Å². The maximum absolute atomic E-state index is 11.9. The van der Waals surface area contributed by atoms with E-state index in [2.05, 4.69) is 5.32 Å². The molecule has 8 heteroatoms. The monoisotopic (exact) mass is 312 g/mol. The Morgan fingerprint density at radius 2 is 2.14 bits per heavy atom. The van der Waals surface area contributed by atoms with Gasteiger partial charge in [-0.3, -0.25) is 14.9 Å². The summed E-state index contributed by atoms with van der Waals surface area (Å²) in [5.74, 6) is -1.19. The smallest absolute Gasteiger partial charge is 0.339 e. The lowest BCUT2D eigenvalue weighted by Gasteiger charge is -2.13. The summed E-state index contributed by atoms with van der Waals surface area (Å²) in [6.07, 6.45) is 0.888. The minimum Gasteiger partial charge on any atom is -0.449 e. The standard InChI is InChI=1S/C13H13ClN2O5/c1-7(12(17)15-9-3-4-9)21-13(18)8-2-5-10(14)11(6-8)16(19)20/h2,5-7,9H,3-4H2,1H3,(H,15,17). The Balaban J connectivity index is 2.03. The third-order valence-electron chi connectivity index (χ3n) is 2.96. The SMILES string of the molecule is CC(OC(=O)c1ccc(Cl)c([N+](=O)[O-])c1)C(=O)NC1CC1. The first-order chi connectivity index (χ1) is 9.88. The highest BCUT2D eigenvalue weighted by Crippen LogP contribution is 2.25. The van der Waals surface area contributed by atoms with Crippen LogP contribution < -0.4 is 5.32 Å². The van der Waals surface area contributed by atoms with Gasteiger partial charge in [0.15, 0.2) is 6.10 Å². The van der Waals surface area contributed by atoms with Gasteiger partial charge in [0.05, 0.1) is 10.5 Å². The molecule has 1 aromatic carbocycles. The molecule has 0 saturated heterocycles. The zero-order valence-corrected chi connectivity index (χ0v) is 11.9. The van der Waals surface area contributed by atoms with Crippen molar-refractivity contribution >= 4 is 29.2 Å². The van der Waals surface area contributed by atoms with Crippen LogP contribution in [0.1, 0.15) is 30.1 Å². The molecular formula is C13H13ClN2O5. The van der Waals surface area contributed by atoms with Crippen LogP contribution in [-0.2, 0) is 9.53 Å². The number of esters is 1. The first-order valence-electron chi connectivity index (χ1n) is 6.34. The van der Waals surface area contributed by atoms with Crippen molar-refractivity contribution in [1.82, 2.24) is 5.32 Å². The second-order valence-electron chi connectivity index (χ2n) is 4.75. The molecule has 1 fully saturated rings. The molecule has 1 aromatic rings. The van der Waals surface area contributed by atoms with Crippen molar-refractivity contribution < 1.29 is 19.2 Å². The summed E-state index contributed by atoms with van der Waals surface area (Å²) in [5, 5.41) is 13.4. The minimum atomic E-state index is -0.965. The Bertz CT molecular complexity index is 600. The van der Waals surface area contributed by atoms with Crippen LogP contribution in [0.3, 0.4) is 0 Å². The summed E-state index contributed by atoms with van der Waals surface area (Å²) in [6.45, 7) is 1.44. The number of nitrogens with zero attached hydrogens (tertiary/aromatic N) is 1. The first-order valence-corrected chi connectivity index (χ1v) is 6.71. The van der Waals surface area contributed by atoms with E-state index in [0.717, 1.165) is 18.9 Å². The van der Waals surface area contributed by atoms with Gasteiger partial charge >= 0.3 is 5.97 Å². The van der Waals surface area contributed by atoms with E-state index in [-0.39, 0.29) is 28.2 Å². The largest absolute Gasteiger partial charge is 0.449 e. The molecule has 112 valence electrons. The van der Waals surface area contributed by atoms with Gasteiger partial charge in [0, 0.05) is 12.1 Å². The van der Waals surface area contributed by atoms with E-state index in [1.165, 1.54) is 19.1 Å². The molecule has 1 saturated carbocycles. The molecule has 1 atom stereocenters. The number of halogens is 1. The van der Waals surface area contributed by atoms with Crippen molar-refractivity contribution in [3.8, 4) is 0 Å². The van der Waals surface area contributed by atoms with Crippen LogP contribution in [0.25, 0.3) is 0 Å². The van der Waals surface area contributed by atoms with Gasteiger partial charge in [-0.25, -0.2) is 4.79 Å². The number of amides is 1. The van der Waals surface area contributed by atoms with Crippen LogP contribution in [0.2, 0.25) is 5.02 Å². The van der Waals surface area contributed by atoms with Gasteiger partial charge in [-0.1, -0.05) is 11.6 Å². The summed E-state index contributed by atoms with van der Waals surface area (Å²) >= 11 is 5.66. The molecule has 1 amide bonds. The van der Waals surface area contributed by atoms with Crippen LogP contribution in [-0.4, -0.2) is 28.9 Å². The Morgan fingerprint density at radius 1 is 1.48 bits per heavy atom. The summed E-state index contributed by atoms with van der Waals surface area (Å²) < 4.78 is 4.98. The quantitative estimate of drug-likeness (QED) is 0.510. The average molecular weight is 313 g/mol. The molecular weight excluding hydrogens is 300 g/mol.